The van der Waals surface area contributed by atoms with Crippen molar-refractivity contribution in [2.24, 2.45) is 0 Å². The molecule has 0 heterocycles. The van der Waals surface area contributed by atoms with Crippen LogP contribution < -0.4 is 4.72 Å². The molecule has 1 saturated carbocycles. The van der Waals surface area contributed by atoms with E-state index in [1.807, 2.05) is 0 Å². The van der Waals surface area contributed by atoms with E-state index in [0.29, 0.717) is 18.4 Å². The second-order valence-electron chi connectivity index (χ2n) is 6.20. The van der Waals surface area contributed by atoms with Crippen molar-refractivity contribution in [3.8, 4) is 0 Å². The minimum atomic E-state index is -4.00. The first-order valence-corrected chi connectivity index (χ1v) is 9.41. The zero-order valence-corrected chi connectivity index (χ0v) is 14.2. The van der Waals surface area contributed by atoms with E-state index >= 15 is 0 Å². The SMILES string of the molecule is O=C(O)Cc1ccccc1S(=O)(=O)NC1(c2ccccc2F)CCC1. The number of carboxylic acid groups (broad SMARTS) is 1. The third-order valence-electron chi connectivity index (χ3n) is 4.53. The summed E-state index contributed by atoms with van der Waals surface area (Å²) in [5, 5.41) is 9.00. The Hall–Kier alpha value is -2.25. The lowest BCUT2D eigenvalue weighted by Gasteiger charge is -2.42. The summed E-state index contributed by atoms with van der Waals surface area (Å²) in [4.78, 5) is 10.9. The molecule has 2 aromatic carbocycles. The van der Waals surface area contributed by atoms with Crippen LogP contribution in [0.2, 0.25) is 0 Å². The van der Waals surface area contributed by atoms with Crippen molar-refractivity contribution in [1.29, 1.82) is 0 Å². The Bertz CT molecular complexity index is 907. The van der Waals surface area contributed by atoms with Crippen LogP contribution in [0.4, 0.5) is 4.39 Å². The van der Waals surface area contributed by atoms with Gasteiger partial charge in [0.1, 0.15) is 5.82 Å². The van der Waals surface area contributed by atoms with Gasteiger partial charge >= 0.3 is 5.97 Å². The molecule has 0 amide bonds. The van der Waals surface area contributed by atoms with Crippen LogP contribution in [-0.4, -0.2) is 19.5 Å². The Labute approximate surface area is 145 Å². The highest BCUT2D eigenvalue weighted by atomic mass is 32.2. The minimum Gasteiger partial charge on any atom is -0.481 e. The molecular weight excluding hydrogens is 345 g/mol. The molecule has 2 aromatic rings. The first kappa shape index (κ1) is 17.6. The molecule has 0 bridgehead atoms. The summed E-state index contributed by atoms with van der Waals surface area (Å²) in [5.41, 5.74) is -0.466. The Morgan fingerprint density at radius 3 is 2.36 bits per heavy atom. The topological polar surface area (TPSA) is 83.5 Å². The first-order chi connectivity index (χ1) is 11.8. The van der Waals surface area contributed by atoms with Gasteiger partial charge in [-0.15, -0.1) is 0 Å². The molecule has 0 saturated heterocycles. The summed E-state index contributed by atoms with van der Waals surface area (Å²) < 4.78 is 42.7. The highest BCUT2D eigenvalue weighted by Gasteiger charge is 2.44. The number of nitrogens with one attached hydrogen (secondary N) is 1. The van der Waals surface area contributed by atoms with Crippen LogP contribution in [0.25, 0.3) is 0 Å². The highest BCUT2D eigenvalue weighted by molar-refractivity contribution is 7.89. The summed E-state index contributed by atoms with van der Waals surface area (Å²) in [6.07, 6.45) is 1.37. The standard InChI is InChI=1S/C18H18FNO4S/c19-15-8-3-2-7-14(15)18(10-5-11-18)20-25(23,24)16-9-4-1-6-13(16)12-17(21)22/h1-4,6-9,20H,5,10-12H2,(H,21,22). The van der Waals surface area contributed by atoms with Crippen LogP contribution in [0.3, 0.4) is 0 Å². The molecule has 0 unspecified atom stereocenters. The molecule has 1 fully saturated rings. The Kier molecular flexibility index (Phi) is 4.62. The van der Waals surface area contributed by atoms with Crippen LogP contribution in [0.5, 0.6) is 0 Å². The van der Waals surface area contributed by atoms with Gasteiger partial charge in [-0.1, -0.05) is 36.4 Å². The van der Waals surface area contributed by atoms with E-state index in [4.69, 9.17) is 5.11 Å². The summed E-state index contributed by atoms with van der Waals surface area (Å²) in [6.45, 7) is 0. The number of hydrogen-bond acceptors (Lipinski definition) is 3. The maximum absolute atomic E-state index is 14.2. The fourth-order valence-electron chi connectivity index (χ4n) is 3.19. The van der Waals surface area contributed by atoms with Crippen LogP contribution >= 0.6 is 0 Å². The van der Waals surface area contributed by atoms with Crippen molar-refractivity contribution >= 4 is 16.0 Å². The maximum Gasteiger partial charge on any atom is 0.307 e. The number of aliphatic carboxylic acids is 1. The van der Waals surface area contributed by atoms with Crippen molar-refractivity contribution in [2.45, 2.75) is 36.1 Å². The number of hydrogen-bond donors (Lipinski definition) is 2. The average Bonchev–Trinajstić information content (AvgIpc) is 2.51. The predicted octanol–water partition coefficient (Wildman–Crippen LogP) is 2.81. The number of rotatable bonds is 6. The summed E-state index contributed by atoms with van der Waals surface area (Å²) in [5.74, 6) is -1.57. The summed E-state index contributed by atoms with van der Waals surface area (Å²) in [6, 6.07) is 12.1. The fourth-order valence-corrected chi connectivity index (χ4v) is 4.87. The molecule has 1 aliphatic rings. The highest BCUT2D eigenvalue weighted by Crippen LogP contribution is 2.43. The van der Waals surface area contributed by atoms with E-state index < -0.39 is 33.8 Å². The van der Waals surface area contributed by atoms with Gasteiger partial charge in [-0.05, 0) is 37.0 Å². The van der Waals surface area contributed by atoms with E-state index in [0.717, 1.165) is 6.42 Å². The zero-order chi connectivity index (χ0) is 18.1. The Balaban J connectivity index is 1.99. The molecule has 132 valence electrons. The number of halogens is 1. The van der Waals surface area contributed by atoms with Crippen LogP contribution in [0, 0.1) is 5.82 Å². The van der Waals surface area contributed by atoms with Crippen LogP contribution in [0.15, 0.2) is 53.4 Å². The van der Waals surface area contributed by atoms with Gasteiger partial charge in [0.05, 0.1) is 16.9 Å². The lowest BCUT2D eigenvalue weighted by atomic mass is 9.72. The quantitative estimate of drug-likeness (QED) is 0.827. The van der Waals surface area contributed by atoms with Crippen molar-refractivity contribution in [1.82, 2.24) is 4.72 Å². The molecule has 0 aliphatic heterocycles. The molecule has 0 atom stereocenters. The Morgan fingerprint density at radius 1 is 1.12 bits per heavy atom. The number of benzene rings is 2. The third kappa shape index (κ3) is 3.43. The lowest BCUT2D eigenvalue weighted by Crippen LogP contribution is -2.51. The van der Waals surface area contributed by atoms with E-state index in [1.165, 1.54) is 24.3 Å². The average molecular weight is 363 g/mol. The van der Waals surface area contributed by atoms with E-state index in [2.05, 4.69) is 4.72 Å². The fraction of sp³-hybridized carbons (Fsp3) is 0.278. The second kappa shape index (κ2) is 6.57. The molecule has 0 spiro atoms. The minimum absolute atomic E-state index is 0.0833. The predicted molar refractivity (Wildman–Crippen MR) is 90.0 cm³/mol. The molecule has 25 heavy (non-hydrogen) atoms. The van der Waals surface area contributed by atoms with Gasteiger partial charge in [0.25, 0.3) is 0 Å². The maximum atomic E-state index is 14.2. The molecule has 5 nitrogen and oxygen atoms in total. The summed E-state index contributed by atoms with van der Waals surface area (Å²) in [7, 11) is -4.00. The van der Waals surface area contributed by atoms with Gasteiger partial charge in [-0.3, -0.25) is 4.79 Å². The monoisotopic (exact) mass is 363 g/mol. The third-order valence-corrected chi connectivity index (χ3v) is 6.17. The van der Waals surface area contributed by atoms with Crippen molar-refractivity contribution < 1.29 is 22.7 Å². The second-order valence-corrected chi connectivity index (χ2v) is 7.85. The summed E-state index contributed by atoms with van der Waals surface area (Å²) >= 11 is 0. The van der Waals surface area contributed by atoms with E-state index in [-0.39, 0.29) is 10.5 Å². The van der Waals surface area contributed by atoms with Gasteiger partial charge in [0, 0.05) is 5.56 Å². The molecule has 0 radical (unpaired) electrons. The van der Waals surface area contributed by atoms with Gasteiger partial charge in [-0.25, -0.2) is 17.5 Å². The van der Waals surface area contributed by atoms with Gasteiger partial charge in [0.2, 0.25) is 10.0 Å². The van der Waals surface area contributed by atoms with Crippen molar-refractivity contribution in [3.05, 3.63) is 65.5 Å². The molecule has 2 N–H and O–H groups in total. The smallest absolute Gasteiger partial charge is 0.307 e. The van der Waals surface area contributed by atoms with Crippen molar-refractivity contribution in [3.63, 3.8) is 0 Å². The largest absolute Gasteiger partial charge is 0.481 e. The molecule has 7 heteroatoms. The number of sulfonamides is 1. The zero-order valence-electron chi connectivity index (χ0n) is 13.4. The van der Waals surface area contributed by atoms with Gasteiger partial charge < -0.3 is 5.11 Å². The first-order valence-electron chi connectivity index (χ1n) is 7.93. The van der Waals surface area contributed by atoms with E-state index in [9.17, 15) is 17.6 Å². The van der Waals surface area contributed by atoms with Crippen molar-refractivity contribution in [2.75, 3.05) is 0 Å². The molecular formula is C18H18FNO4S. The molecule has 1 aliphatic carbocycles. The van der Waals surface area contributed by atoms with E-state index in [1.54, 1.807) is 24.3 Å². The number of carboxylic acids is 1. The molecule has 3 rings (SSSR count). The van der Waals surface area contributed by atoms with Crippen LogP contribution in [-0.2, 0) is 26.8 Å². The number of carbonyl (C=O) groups is 1. The van der Waals surface area contributed by atoms with Crippen LogP contribution in [0.1, 0.15) is 30.4 Å². The normalized spacial score (nSPS) is 16.2. The van der Waals surface area contributed by atoms with Gasteiger partial charge in [-0.2, -0.15) is 0 Å². The molecule has 0 aromatic heterocycles. The lowest BCUT2D eigenvalue weighted by molar-refractivity contribution is -0.136. The Morgan fingerprint density at radius 2 is 1.76 bits per heavy atom. The van der Waals surface area contributed by atoms with Gasteiger partial charge in [0.15, 0.2) is 0 Å².